The molecule has 0 bridgehead atoms. The second-order valence-electron chi connectivity index (χ2n) is 3.31. The van der Waals surface area contributed by atoms with Gasteiger partial charge in [0.25, 0.3) is 0 Å². The SMILES string of the molecule is [N-]=[N+]=NCCC#Cc1cc(C(F)(F)F)ccc1N. The van der Waals surface area contributed by atoms with E-state index in [4.69, 9.17) is 11.3 Å². The van der Waals surface area contributed by atoms with Crippen molar-refractivity contribution in [3.8, 4) is 11.8 Å². The minimum absolute atomic E-state index is 0.116. The highest BCUT2D eigenvalue weighted by molar-refractivity contribution is 5.57. The van der Waals surface area contributed by atoms with Crippen molar-refractivity contribution in [2.24, 2.45) is 5.11 Å². The summed E-state index contributed by atoms with van der Waals surface area (Å²) in [4.78, 5) is 2.53. The van der Waals surface area contributed by atoms with E-state index in [1.54, 1.807) is 0 Å². The molecule has 2 N–H and O–H groups in total. The maximum Gasteiger partial charge on any atom is 0.416 e. The number of alkyl halides is 3. The van der Waals surface area contributed by atoms with Gasteiger partial charge in [-0.1, -0.05) is 17.0 Å². The van der Waals surface area contributed by atoms with Crippen molar-refractivity contribution in [1.29, 1.82) is 0 Å². The fourth-order valence-corrected chi connectivity index (χ4v) is 1.15. The first-order chi connectivity index (χ1) is 8.45. The van der Waals surface area contributed by atoms with Crippen molar-refractivity contribution in [2.75, 3.05) is 12.3 Å². The van der Waals surface area contributed by atoms with E-state index >= 15 is 0 Å². The van der Waals surface area contributed by atoms with Crippen molar-refractivity contribution in [3.63, 3.8) is 0 Å². The van der Waals surface area contributed by atoms with Crippen LogP contribution in [0.15, 0.2) is 23.3 Å². The van der Waals surface area contributed by atoms with Gasteiger partial charge in [0.05, 0.1) is 5.56 Å². The van der Waals surface area contributed by atoms with Crippen molar-refractivity contribution in [1.82, 2.24) is 0 Å². The summed E-state index contributed by atoms with van der Waals surface area (Å²) in [6.07, 6.45) is -4.16. The summed E-state index contributed by atoms with van der Waals surface area (Å²) >= 11 is 0. The molecule has 0 radical (unpaired) electrons. The first-order valence-electron chi connectivity index (χ1n) is 4.91. The predicted molar refractivity (Wildman–Crippen MR) is 61.4 cm³/mol. The summed E-state index contributed by atoms with van der Waals surface area (Å²) in [6, 6.07) is 2.97. The van der Waals surface area contributed by atoms with Gasteiger partial charge in [-0.25, -0.2) is 0 Å². The average Bonchev–Trinajstić information content (AvgIpc) is 2.29. The Morgan fingerprint density at radius 3 is 2.72 bits per heavy atom. The van der Waals surface area contributed by atoms with Gasteiger partial charge >= 0.3 is 6.18 Å². The van der Waals surface area contributed by atoms with Crippen LogP contribution in [-0.4, -0.2) is 6.54 Å². The van der Waals surface area contributed by atoms with Crippen LogP contribution in [-0.2, 0) is 6.18 Å². The lowest BCUT2D eigenvalue weighted by Gasteiger charge is -2.07. The molecule has 0 saturated carbocycles. The van der Waals surface area contributed by atoms with E-state index in [1.807, 2.05) is 0 Å². The molecule has 0 unspecified atom stereocenters. The lowest BCUT2D eigenvalue weighted by atomic mass is 10.1. The number of benzene rings is 1. The second-order valence-corrected chi connectivity index (χ2v) is 3.31. The van der Waals surface area contributed by atoms with Crippen LogP contribution < -0.4 is 5.73 Å². The zero-order valence-corrected chi connectivity index (χ0v) is 9.20. The van der Waals surface area contributed by atoms with Crippen LogP contribution in [0.1, 0.15) is 17.5 Å². The molecule has 0 fully saturated rings. The quantitative estimate of drug-likeness (QED) is 0.215. The Hall–Kier alpha value is -2.32. The van der Waals surface area contributed by atoms with Crippen molar-refractivity contribution in [2.45, 2.75) is 12.6 Å². The van der Waals surface area contributed by atoms with Crippen molar-refractivity contribution < 1.29 is 13.2 Å². The number of rotatable bonds is 2. The van der Waals surface area contributed by atoms with Crippen molar-refractivity contribution >= 4 is 5.69 Å². The molecule has 0 saturated heterocycles. The highest BCUT2D eigenvalue weighted by Gasteiger charge is 2.30. The van der Waals surface area contributed by atoms with E-state index in [2.05, 4.69) is 21.9 Å². The molecule has 0 heterocycles. The van der Waals surface area contributed by atoms with Gasteiger partial charge in [0, 0.05) is 29.1 Å². The van der Waals surface area contributed by atoms with Gasteiger partial charge in [0.15, 0.2) is 0 Å². The molecule has 7 heteroatoms. The van der Waals surface area contributed by atoms with Crippen LogP contribution >= 0.6 is 0 Å². The maximum atomic E-state index is 12.4. The van der Waals surface area contributed by atoms with Crippen LogP contribution in [0.25, 0.3) is 10.4 Å². The molecule has 0 aromatic heterocycles. The lowest BCUT2D eigenvalue weighted by Crippen LogP contribution is -2.05. The van der Waals surface area contributed by atoms with Gasteiger partial charge in [0.2, 0.25) is 0 Å². The molecule has 0 atom stereocenters. The number of anilines is 1. The molecule has 0 amide bonds. The van der Waals surface area contributed by atoms with E-state index in [1.165, 1.54) is 6.07 Å². The monoisotopic (exact) mass is 254 g/mol. The normalized spacial score (nSPS) is 10.2. The largest absolute Gasteiger partial charge is 0.416 e. The van der Waals surface area contributed by atoms with Gasteiger partial charge in [-0.3, -0.25) is 0 Å². The van der Waals surface area contributed by atoms with E-state index in [-0.39, 0.29) is 24.2 Å². The molecule has 0 aliphatic rings. The number of halogens is 3. The van der Waals surface area contributed by atoms with Crippen LogP contribution in [0, 0.1) is 11.8 Å². The summed E-state index contributed by atoms with van der Waals surface area (Å²) in [6.45, 7) is 0.169. The minimum atomic E-state index is -4.42. The highest BCUT2D eigenvalue weighted by Crippen LogP contribution is 2.30. The Morgan fingerprint density at radius 2 is 2.11 bits per heavy atom. The van der Waals surface area contributed by atoms with Gasteiger partial charge in [-0.05, 0) is 23.7 Å². The number of nitrogen functional groups attached to an aromatic ring is 1. The highest BCUT2D eigenvalue weighted by atomic mass is 19.4. The molecular formula is C11H9F3N4. The molecule has 1 aromatic carbocycles. The fourth-order valence-electron chi connectivity index (χ4n) is 1.15. The zero-order valence-electron chi connectivity index (χ0n) is 9.20. The van der Waals surface area contributed by atoms with E-state index in [0.717, 1.165) is 12.1 Å². The summed E-state index contributed by atoms with van der Waals surface area (Å²) in [5.41, 5.74) is 13.0. The summed E-state index contributed by atoms with van der Waals surface area (Å²) in [5.74, 6) is 5.12. The third kappa shape index (κ3) is 3.92. The number of nitrogens with two attached hydrogens (primary N) is 1. The van der Waals surface area contributed by atoms with E-state index in [0.29, 0.717) is 0 Å². The number of nitrogens with zero attached hydrogens (tertiary/aromatic N) is 3. The summed E-state index contributed by atoms with van der Waals surface area (Å²) in [5, 5.41) is 3.25. The van der Waals surface area contributed by atoms with Gasteiger partial charge in [-0.15, -0.1) is 0 Å². The topological polar surface area (TPSA) is 74.8 Å². The Bertz CT molecular complexity index is 533. The van der Waals surface area contributed by atoms with Crippen LogP contribution in [0.3, 0.4) is 0 Å². The number of hydrogen-bond donors (Lipinski definition) is 1. The number of hydrogen-bond acceptors (Lipinski definition) is 2. The van der Waals surface area contributed by atoms with Crippen LogP contribution in [0.5, 0.6) is 0 Å². The second kappa shape index (κ2) is 5.84. The Labute approximate surface area is 101 Å². The Balaban J connectivity index is 2.91. The molecular weight excluding hydrogens is 245 g/mol. The van der Waals surface area contributed by atoms with Crippen LogP contribution in [0.2, 0.25) is 0 Å². The minimum Gasteiger partial charge on any atom is -0.398 e. The third-order valence-electron chi connectivity index (χ3n) is 2.00. The Kier molecular flexibility index (Phi) is 4.46. The Morgan fingerprint density at radius 1 is 1.39 bits per heavy atom. The maximum absolute atomic E-state index is 12.4. The predicted octanol–water partition coefficient (Wildman–Crippen LogP) is 3.34. The molecule has 18 heavy (non-hydrogen) atoms. The molecule has 0 spiro atoms. The van der Waals surface area contributed by atoms with E-state index in [9.17, 15) is 13.2 Å². The van der Waals surface area contributed by atoms with Gasteiger partial charge < -0.3 is 5.73 Å². The average molecular weight is 254 g/mol. The fraction of sp³-hybridized carbons (Fsp3) is 0.273. The number of azide groups is 1. The molecule has 1 rings (SSSR count). The molecule has 1 aromatic rings. The molecule has 94 valence electrons. The molecule has 4 nitrogen and oxygen atoms in total. The van der Waals surface area contributed by atoms with Crippen molar-refractivity contribution in [3.05, 3.63) is 39.8 Å². The first kappa shape index (κ1) is 13.7. The molecule has 0 aliphatic carbocycles. The summed E-state index contributed by atoms with van der Waals surface area (Å²) < 4.78 is 37.3. The van der Waals surface area contributed by atoms with Gasteiger partial charge in [-0.2, -0.15) is 13.2 Å². The smallest absolute Gasteiger partial charge is 0.398 e. The summed E-state index contributed by atoms with van der Waals surface area (Å²) in [7, 11) is 0. The standard InChI is InChI=1S/C11H9F3N4/c12-11(13,14)9-4-5-10(15)8(7-9)3-1-2-6-17-18-16/h4-5,7H,2,6,15H2. The first-order valence-corrected chi connectivity index (χ1v) is 4.91. The van der Waals surface area contributed by atoms with Gasteiger partial charge in [0.1, 0.15) is 0 Å². The lowest BCUT2D eigenvalue weighted by molar-refractivity contribution is -0.137. The molecule has 0 aliphatic heterocycles. The zero-order chi connectivity index (χ0) is 13.6. The third-order valence-corrected chi connectivity index (χ3v) is 2.00. The van der Waals surface area contributed by atoms with E-state index < -0.39 is 11.7 Å². The van der Waals surface area contributed by atoms with Crippen LogP contribution in [0.4, 0.5) is 18.9 Å².